The second-order valence-corrected chi connectivity index (χ2v) is 4.21. The van der Waals surface area contributed by atoms with E-state index in [1.165, 1.54) is 11.1 Å². The fourth-order valence-corrected chi connectivity index (χ4v) is 2.23. The van der Waals surface area contributed by atoms with Gasteiger partial charge in [0.15, 0.2) is 6.33 Å². The lowest BCUT2D eigenvalue weighted by Gasteiger charge is -2.05. The molecule has 0 amide bonds. The van der Waals surface area contributed by atoms with Crippen LogP contribution in [-0.4, -0.2) is 36.7 Å². The van der Waals surface area contributed by atoms with Crippen LogP contribution in [0.1, 0.15) is 0 Å². The van der Waals surface area contributed by atoms with E-state index < -0.39 is 0 Å². The maximum absolute atomic E-state index is 4.22. The highest BCUT2D eigenvalue weighted by Gasteiger charge is 2.03. The summed E-state index contributed by atoms with van der Waals surface area (Å²) in [6.07, 6.45) is 2.98. The molecule has 0 unspecified atom stereocenters. The summed E-state index contributed by atoms with van der Waals surface area (Å²) in [6, 6.07) is 2.01. The largest absolute Gasteiger partial charge is 0.367 e. The van der Waals surface area contributed by atoms with Gasteiger partial charge in [-0.2, -0.15) is 4.80 Å². The van der Waals surface area contributed by atoms with Crippen molar-refractivity contribution in [2.45, 2.75) is 6.54 Å². The van der Waals surface area contributed by atoms with E-state index in [4.69, 9.17) is 0 Å². The molecule has 0 aliphatic carbocycles. The van der Waals surface area contributed by atoms with Gasteiger partial charge in [0.1, 0.15) is 17.0 Å². The Morgan fingerprint density at radius 2 is 2.29 bits per heavy atom. The Hall–Kier alpha value is -2.09. The molecule has 0 bridgehead atoms. The number of hydrogen-bond acceptors (Lipinski definition) is 7. The minimum absolute atomic E-state index is 0.648. The predicted molar refractivity (Wildman–Crippen MR) is 63.7 cm³/mol. The van der Waals surface area contributed by atoms with Crippen LogP contribution in [-0.2, 0) is 6.54 Å². The van der Waals surface area contributed by atoms with Crippen molar-refractivity contribution in [2.75, 3.05) is 11.9 Å². The summed E-state index contributed by atoms with van der Waals surface area (Å²) in [5.41, 5.74) is 0. The molecule has 0 saturated carbocycles. The van der Waals surface area contributed by atoms with E-state index >= 15 is 0 Å². The molecule has 0 aliphatic rings. The quantitative estimate of drug-likeness (QED) is 0.734. The molecule has 8 heteroatoms. The molecule has 86 valence electrons. The lowest BCUT2D eigenvalue weighted by Crippen LogP contribution is -2.13. The second-order valence-electron chi connectivity index (χ2n) is 3.32. The summed E-state index contributed by atoms with van der Waals surface area (Å²) >= 11 is 1.60. The second kappa shape index (κ2) is 4.42. The number of tetrazole rings is 1. The molecule has 0 saturated heterocycles. The van der Waals surface area contributed by atoms with Crippen LogP contribution < -0.4 is 5.32 Å². The smallest absolute Gasteiger partial charge is 0.162 e. The topological polar surface area (TPSA) is 81.4 Å². The Balaban J connectivity index is 1.70. The van der Waals surface area contributed by atoms with Crippen LogP contribution in [0.15, 0.2) is 24.1 Å². The average Bonchev–Trinajstić information content (AvgIpc) is 2.99. The molecule has 0 radical (unpaired) electrons. The molecule has 0 aliphatic heterocycles. The summed E-state index contributed by atoms with van der Waals surface area (Å²) in [5, 5.41) is 17.6. The van der Waals surface area contributed by atoms with Gasteiger partial charge in [-0.3, -0.25) is 0 Å². The molecule has 0 fully saturated rings. The van der Waals surface area contributed by atoms with Crippen LogP contribution >= 0.6 is 11.3 Å². The zero-order valence-electron chi connectivity index (χ0n) is 8.82. The van der Waals surface area contributed by atoms with Crippen molar-refractivity contribution >= 4 is 27.4 Å². The summed E-state index contributed by atoms with van der Waals surface area (Å²) in [7, 11) is 0. The monoisotopic (exact) mass is 247 g/mol. The molecule has 3 aromatic heterocycles. The van der Waals surface area contributed by atoms with Crippen LogP contribution in [0.4, 0.5) is 5.82 Å². The van der Waals surface area contributed by atoms with Gasteiger partial charge in [-0.25, -0.2) is 9.97 Å². The van der Waals surface area contributed by atoms with Crippen LogP contribution in [0, 0.1) is 0 Å². The number of thiophene rings is 1. The molecular weight excluding hydrogens is 238 g/mol. The number of rotatable bonds is 4. The van der Waals surface area contributed by atoms with E-state index in [0.29, 0.717) is 13.1 Å². The van der Waals surface area contributed by atoms with Crippen molar-refractivity contribution in [3.8, 4) is 0 Å². The first-order valence-electron chi connectivity index (χ1n) is 5.06. The van der Waals surface area contributed by atoms with Gasteiger partial charge in [-0.05, 0) is 16.7 Å². The number of aromatic nitrogens is 6. The molecule has 0 aromatic carbocycles. The van der Waals surface area contributed by atoms with E-state index in [1.54, 1.807) is 17.7 Å². The Labute approximate surface area is 101 Å². The Kier molecular flexibility index (Phi) is 2.62. The average molecular weight is 247 g/mol. The number of nitrogens with one attached hydrogen (secondary N) is 1. The SMILES string of the molecule is c1nc(NCCn2ncnn2)c2ccsc2n1. The summed E-state index contributed by atoms with van der Waals surface area (Å²) < 4.78 is 0. The summed E-state index contributed by atoms with van der Waals surface area (Å²) in [4.78, 5) is 10.9. The van der Waals surface area contributed by atoms with Crippen LogP contribution in [0.25, 0.3) is 10.2 Å². The molecule has 0 spiro atoms. The van der Waals surface area contributed by atoms with Crippen LogP contribution in [0.2, 0.25) is 0 Å². The van der Waals surface area contributed by atoms with Gasteiger partial charge < -0.3 is 5.32 Å². The fourth-order valence-electron chi connectivity index (χ4n) is 1.50. The van der Waals surface area contributed by atoms with Gasteiger partial charge >= 0.3 is 0 Å². The summed E-state index contributed by atoms with van der Waals surface area (Å²) in [5.74, 6) is 0.844. The fraction of sp³-hybridized carbons (Fsp3) is 0.222. The minimum atomic E-state index is 0.648. The van der Waals surface area contributed by atoms with Crippen molar-refractivity contribution in [2.24, 2.45) is 0 Å². The Morgan fingerprint density at radius 3 is 3.18 bits per heavy atom. The molecule has 7 nitrogen and oxygen atoms in total. The number of nitrogens with zero attached hydrogens (tertiary/aromatic N) is 6. The zero-order chi connectivity index (χ0) is 11.5. The van der Waals surface area contributed by atoms with Gasteiger partial charge in [0.2, 0.25) is 0 Å². The highest BCUT2D eigenvalue weighted by Crippen LogP contribution is 2.23. The van der Waals surface area contributed by atoms with Crippen molar-refractivity contribution in [1.29, 1.82) is 0 Å². The normalized spacial score (nSPS) is 10.8. The van der Waals surface area contributed by atoms with Gasteiger partial charge in [0, 0.05) is 6.54 Å². The lowest BCUT2D eigenvalue weighted by molar-refractivity contribution is 0.538. The van der Waals surface area contributed by atoms with E-state index in [2.05, 4.69) is 30.7 Å². The zero-order valence-corrected chi connectivity index (χ0v) is 9.63. The van der Waals surface area contributed by atoms with E-state index in [1.807, 2.05) is 11.4 Å². The van der Waals surface area contributed by atoms with Gasteiger partial charge in [-0.15, -0.1) is 21.5 Å². The molecule has 3 aromatic rings. The predicted octanol–water partition coefficient (Wildman–Crippen LogP) is 0.790. The van der Waals surface area contributed by atoms with Gasteiger partial charge in [0.05, 0.1) is 11.9 Å². The van der Waals surface area contributed by atoms with Crippen molar-refractivity contribution in [3.05, 3.63) is 24.1 Å². The first-order valence-corrected chi connectivity index (χ1v) is 5.94. The van der Waals surface area contributed by atoms with Crippen LogP contribution in [0.3, 0.4) is 0 Å². The van der Waals surface area contributed by atoms with Gasteiger partial charge in [0.25, 0.3) is 0 Å². The maximum atomic E-state index is 4.22. The molecule has 0 atom stereocenters. The van der Waals surface area contributed by atoms with Crippen LogP contribution in [0.5, 0.6) is 0 Å². The number of fused-ring (bicyclic) bond motifs is 1. The van der Waals surface area contributed by atoms with E-state index in [-0.39, 0.29) is 0 Å². The molecule has 3 heterocycles. The van der Waals surface area contributed by atoms with Crippen molar-refractivity contribution in [1.82, 2.24) is 30.2 Å². The minimum Gasteiger partial charge on any atom is -0.367 e. The standard InChI is InChI=1S/C9H9N7S/c1-4-17-9-7(1)8(11-5-12-9)10-2-3-16-14-6-13-15-16/h1,4-6H,2-3H2,(H,10,11,12). The van der Waals surface area contributed by atoms with Crippen molar-refractivity contribution < 1.29 is 0 Å². The van der Waals surface area contributed by atoms with E-state index in [9.17, 15) is 0 Å². The van der Waals surface area contributed by atoms with E-state index in [0.717, 1.165) is 16.0 Å². The summed E-state index contributed by atoms with van der Waals surface area (Å²) in [6.45, 7) is 1.34. The first-order chi connectivity index (χ1) is 8.43. The molecule has 3 rings (SSSR count). The third-order valence-electron chi connectivity index (χ3n) is 2.26. The number of anilines is 1. The number of hydrogen-bond donors (Lipinski definition) is 1. The highest BCUT2D eigenvalue weighted by molar-refractivity contribution is 7.16. The molecule has 17 heavy (non-hydrogen) atoms. The molecular formula is C9H9N7S. The third-order valence-corrected chi connectivity index (χ3v) is 3.08. The molecule has 1 N–H and O–H groups in total. The third kappa shape index (κ3) is 2.07. The maximum Gasteiger partial charge on any atom is 0.162 e. The highest BCUT2D eigenvalue weighted by atomic mass is 32.1. The van der Waals surface area contributed by atoms with Gasteiger partial charge in [-0.1, -0.05) is 0 Å². The first kappa shape index (κ1) is 10.1. The Morgan fingerprint density at radius 1 is 1.29 bits per heavy atom. The van der Waals surface area contributed by atoms with Crippen molar-refractivity contribution in [3.63, 3.8) is 0 Å². The lowest BCUT2D eigenvalue weighted by atomic mass is 10.4. The Bertz CT molecular complexity index is 603.